The number of hydrogen-bond acceptors (Lipinski definition) is 7. The number of carbonyl (C=O) groups excluding carboxylic acids is 2. The van der Waals surface area contributed by atoms with Gasteiger partial charge in [0.2, 0.25) is 11.8 Å². The number of rotatable bonds is 10. The molecule has 1 saturated heterocycles. The molecule has 4 rings (SSSR count). The molecule has 2 aliphatic heterocycles. The highest BCUT2D eigenvalue weighted by Crippen LogP contribution is 2.38. The number of benzene rings is 2. The van der Waals surface area contributed by atoms with E-state index < -0.39 is 9.84 Å². The molecule has 0 spiro atoms. The van der Waals surface area contributed by atoms with Gasteiger partial charge in [0.25, 0.3) is 0 Å². The lowest BCUT2D eigenvalue weighted by Gasteiger charge is -2.36. The van der Waals surface area contributed by atoms with Gasteiger partial charge in [0.15, 0.2) is 9.84 Å². The van der Waals surface area contributed by atoms with Gasteiger partial charge < -0.3 is 19.9 Å². The fourth-order valence-electron chi connectivity index (χ4n) is 4.95. The Morgan fingerprint density at radius 2 is 1.76 bits per heavy atom. The van der Waals surface area contributed by atoms with Crippen LogP contribution in [0.15, 0.2) is 45.8 Å². The second-order valence-electron chi connectivity index (χ2n) is 9.51. The number of halogens is 1. The number of amides is 2. The van der Waals surface area contributed by atoms with Crippen LogP contribution in [0.3, 0.4) is 0 Å². The predicted molar refractivity (Wildman–Crippen MR) is 152 cm³/mol. The van der Waals surface area contributed by atoms with Crippen molar-refractivity contribution in [3.63, 3.8) is 0 Å². The number of nitrogens with zero attached hydrogens (tertiary/aromatic N) is 3. The number of anilines is 2. The van der Waals surface area contributed by atoms with Gasteiger partial charge in [-0.1, -0.05) is 22.9 Å². The fourth-order valence-corrected chi connectivity index (χ4v) is 7.12. The Bertz CT molecular complexity index is 1260. The molecule has 206 valence electrons. The number of piperazine rings is 1. The van der Waals surface area contributed by atoms with E-state index in [1.54, 1.807) is 25.0 Å². The molecule has 0 aromatic heterocycles. The molecule has 0 atom stereocenters. The molecule has 1 N–H and O–H groups in total. The van der Waals surface area contributed by atoms with Gasteiger partial charge in [-0.3, -0.25) is 14.5 Å². The molecule has 0 unspecified atom stereocenters. The van der Waals surface area contributed by atoms with Gasteiger partial charge in [-0.15, -0.1) is 0 Å². The lowest BCUT2D eigenvalue weighted by molar-refractivity contribution is -0.121. The Morgan fingerprint density at radius 3 is 2.42 bits per heavy atom. The van der Waals surface area contributed by atoms with Crippen LogP contribution in [0.5, 0.6) is 5.75 Å². The van der Waals surface area contributed by atoms with Gasteiger partial charge >= 0.3 is 0 Å². The van der Waals surface area contributed by atoms with Crippen LogP contribution in [-0.2, 0) is 25.8 Å². The van der Waals surface area contributed by atoms with E-state index in [1.165, 1.54) is 5.69 Å². The molecule has 2 amide bonds. The molecular weight excluding hydrogens is 572 g/mol. The maximum Gasteiger partial charge on any atom is 0.226 e. The molecule has 9 nitrogen and oxygen atoms in total. The summed E-state index contributed by atoms with van der Waals surface area (Å²) in [5.41, 5.74) is 2.46. The lowest BCUT2D eigenvalue weighted by atomic mass is 10.2. The van der Waals surface area contributed by atoms with Gasteiger partial charge in [-0.05, 0) is 48.4 Å². The highest BCUT2D eigenvalue weighted by molar-refractivity contribution is 9.10. The topological polar surface area (TPSA) is 99.3 Å². The molecule has 2 aromatic carbocycles. The van der Waals surface area contributed by atoms with Gasteiger partial charge in [-0.2, -0.15) is 0 Å². The van der Waals surface area contributed by atoms with Crippen molar-refractivity contribution in [3.05, 3.63) is 46.4 Å². The van der Waals surface area contributed by atoms with Crippen LogP contribution in [0.1, 0.15) is 25.3 Å². The monoisotopic (exact) mass is 606 g/mol. The van der Waals surface area contributed by atoms with E-state index in [4.69, 9.17) is 4.74 Å². The molecule has 2 aromatic rings. The van der Waals surface area contributed by atoms with Crippen LogP contribution in [0, 0.1) is 0 Å². The van der Waals surface area contributed by atoms with Crippen molar-refractivity contribution in [2.45, 2.75) is 31.1 Å². The van der Waals surface area contributed by atoms with Crippen molar-refractivity contribution in [1.29, 1.82) is 0 Å². The number of sulfone groups is 1. The summed E-state index contributed by atoms with van der Waals surface area (Å²) in [5, 5.41) is 2.86. The first-order valence-corrected chi connectivity index (χ1v) is 15.4. The van der Waals surface area contributed by atoms with Crippen molar-refractivity contribution < 1.29 is 22.7 Å². The minimum atomic E-state index is -3.77. The summed E-state index contributed by atoms with van der Waals surface area (Å²) in [4.78, 5) is 31.2. The number of ether oxygens (including phenoxy) is 1. The zero-order valence-electron chi connectivity index (χ0n) is 21.9. The Morgan fingerprint density at radius 1 is 1.05 bits per heavy atom. The lowest BCUT2D eigenvalue weighted by Crippen LogP contribution is -2.48. The second-order valence-corrected chi connectivity index (χ2v) is 12.5. The van der Waals surface area contributed by atoms with Crippen molar-refractivity contribution >= 4 is 49.0 Å². The smallest absolute Gasteiger partial charge is 0.226 e. The normalized spacial score (nSPS) is 15.9. The van der Waals surface area contributed by atoms with Crippen LogP contribution < -0.4 is 19.9 Å². The fraction of sp³-hybridized carbons (Fsp3) is 0.481. The standard InChI is InChI=1S/C27H35BrN4O5S/c1-3-26(34)32-11-8-20-18-21(28)19-24(27(20)32)38(35,36)17-9-25(33)29-10-12-30-13-15-31(16-14-30)22-4-6-23(37-2)7-5-22/h4-7,18-19H,3,8-17H2,1-2H3,(H,29,33). The summed E-state index contributed by atoms with van der Waals surface area (Å²) >= 11 is 3.40. The highest BCUT2D eigenvalue weighted by atomic mass is 79.9. The first-order chi connectivity index (χ1) is 18.2. The molecule has 0 bridgehead atoms. The average Bonchev–Trinajstić information content (AvgIpc) is 3.35. The number of methoxy groups -OCH3 is 1. The minimum absolute atomic E-state index is 0.106. The molecule has 0 radical (unpaired) electrons. The zero-order valence-corrected chi connectivity index (χ0v) is 24.3. The molecule has 0 aliphatic carbocycles. The number of hydrogen-bond donors (Lipinski definition) is 1. The van der Waals surface area contributed by atoms with E-state index in [1.807, 2.05) is 18.2 Å². The summed E-state index contributed by atoms with van der Waals surface area (Å²) in [7, 11) is -2.11. The van der Waals surface area contributed by atoms with Gasteiger partial charge in [0.05, 0.1) is 23.4 Å². The van der Waals surface area contributed by atoms with Crippen LogP contribution in [0.2, 0.25) is 0 Å². The van der Waals surface area contributed by atoms with Gasteiger partial charge in [-0.25, -0.2) is 8.42 Å². The Labute approximate surface area is 233 Å². The Kier molecular flexibility index (Phi) is 9.32. The number of nitrogens with one attached hydrogen (secondary N) is 1. The second kappa shape index (κ2) is 12.5. The number of carbonyl (C=O) groups is 2. The van der Waals surface area contributed by atoms with E-state index in [0.717, 1.165) is 37.5 Å². The summed E-state index contributed by atoms with van der Waals surface area (Å²) in [6, 6.07) is 11.4. The summed E-state index contributed by atoms with van der Waals surface area (Å²) < 4.78 is 32.4. The zero-order chi connectivity index (χ0) is 27.3. The SMILES string of the molecule is CCC(=O)N1CCc2cc(Br)cc(S(=O)(=O)CCC(=O)NCCN3CCN(c4ccc(OC)cc4)CC3)c21. The summed E-state index contributed by atoms with van der Waals surface area (Å²) in [5.74, 6) is 0.130. The van der Waals surface area contributed by atoms with Gasteiger partial charge in [0, 0.05) is 68.8 Å². The largest absolute Gasteiger partial charge is 0.497 e. The molecule has 38 heavy (non-hydrogen) atoms. The Balaban J connectivity index is 1.25. The average molecular weight is 608 g/mol. The van der Waals surface area contributed by atoms with Crippen molar-refractivity contribution in [2.75, 3.05) is 68.5 Å². The first-order valence-electron chi connectivity index (χ1n) is 13.0. The van der Waals surface area contributed by atoms with E-state index in [2.05, 4.69) is 43.2 Å². The molecule has 0 saturated carbocycles. The quantitative estimate of drug-likeness (QED) is 0.444. The van der Waals surface area contributed by atoms with Crippen LogP contribution >= 0.6 is 15.9 Å². The summed E-state index contributed by atoms with van der Waals surface area (Å²) in [6.45, 7) is 6.97. The third-order valence-corrected chi connectivity index (χ3v) is 9.27. The maximum atomic E-state index is 13.3. The van der Waals surface area contributed by atoms with Gasteiger partial charge in [0.1, 0.15) is 5.75 Å². The van der Waals surface area contributed by atoms with Crippen LogP contribution in [-0.4, -0.2) is 83.8 Å². The molecule has 2 aliphatic rings. The predicted octanol–water partition coefficient (Wildman–Crippen LogP) is 2.86. The van der Waals surface area contributed by atoms with E-state index in [9.17, 15) is 18.0 Å². The first kappa shape index (κ1) is 28.4. The van der Waals surface area contributed by atoms with Crippen molar-refractivity contribution in [3.8, 4) is 5.75 Å². The third-order valence-electron chi connectivity index (χ3n) is 7.09. The van der Waals surface area contributed by atoms with Crippen molar-refractivity contribution in [2.24, 2.45) is 0 Å². The van der Waals surface area contributed by atoms with E-state index in [0.29, 0.717) is 42.6 Å². The van der Waals surface area contributed by atoms with Crippen LogP contribution in [0.25, 0.3) is 0 Å². The van der Waals surface area contributed by atoms with Crippen LogP contribution in [0.4, 0.5) is 11.4 Å². The van der Waals surface area contributed by atoms with Crippen molar-refractivity contribution in [1.82, 2.24) is 10.2 Å². The molecule has 2 heterocycles. The molecule has 11 heteroatoms. The Hall–Kier alpha value is -2.63. The number of fused-ring (bicyclic) bond motifs is 1. The maximum absolute atomic E-state index is 13.3. The summed E-state index contributed by atoms with van der Waals surface area (Å²) in [6.07, 6.45) is 0.780. The third kappa shape index (κ3) is 6.68. The van der Waals surface area contributed by atoms with E-state index in [-0.39, 0.29) is 28.9 Å². The minimum Gasteiger partial charge on any atom is -0.497 e. The molecular formula is C27H35BrN4O5S. The van der Waals surface area contributed by atoms with E-state index >= 15 is 0 Å². The highest BCUT2D eigenvalue weighted by Gasteiger charge is 2.32. The molecule has 1 fully saturated rings.